The Labute approximate surface area is 99.0 Å². The van der Waals surface area contributed by atoms with Crippen LogP contribution in [0.3, 0.4) is 0 Å². The number of carbonyl (C=O) groups is 2. The minimum Gasteiger partial charge on any atom is -0.481 e. The van der Waals surface area contributed by atoms with E-state index in [4.69, 9.17) is 9.52 Å². The van der Waals surface area contributed by atoms with E-state index in [1.54, 1.807) is 6.92 Å². The third kappa shape index (κ3) is 3.58. The Bertz CT molecular complexity index is 400. The van der Waals surface area contributed by atoms with E-state index in [1.165, 1.54) is 6.39 Å². The Kier molecular flexibility index (Phi) is 4.68. The molecular formula is C11H16N2O4. The van der Waals surface area contributed by atoms with Crippen LogP contribution in [-0.4, -0.2) is 28.5 Å². The fraction of sp³-hybridized carbons (Fsp3) is 0.545. The highest BCUT2D eigenvalue weighted by atomic mass is 16.4. The van der Waals surface area contributed by atoms with Gasteiger partial charge in [-0.25, -0.2) is 4.98 Å². The summed E-state index contributed by atoms with van der Waals surface area (Å²) in [6, 6.07) is 0. The lowest BCUT2D eigenvalue weighted by Gasteiger charge is -2.11. The molecule has 0 radical (unpaired) electrons. The van der Waals surface area contributed by atoms with Crippen LogP contribution >= 0.6 is 0 Å². The Morgan fingerprint density at radius 2 is 2.29 bits per heavy atom. The highest BCUT2D eigenvalue weighted by Crippen LogP contribution is 2.07. The van der Waals surface area contributed by atoms with Crippen molar-refractivity contribution in [3.8, 4) is 0 Å². The van der Waals surface area contributed by atoms with E-state index in [1.807, 2.05) is 6.92 Å². The number of aromatic nitrogens is 1. The van der Waals surface area contributed by atoms with Gasteiger partial charge >= 0.3 is 5.97 Å². The molecule has 6 nitrogen and oxygen atoms in total. The summed E-state index contributed by atoms with van der Waals surface area (Å²) in [6.45, 7) is 3.64. The maximum atomic E-state index is 11.6. The first-order valence-corrected chi connectivity index (χ1v) is 5.47. The molecule has 1 aromatic rings. The number of hydrogen-bond acceptors (Lipinski definition) is 4. The molecule has 0 saturated carbocycles. The molecule has 1 amide bonds. The quantitative estimate of drug-likeness (QED) is 0.779. The van der Waals surface area contributed by atoms with E-state index < -0.39 is 17.8 Å². The van der Waals surface area contributed by atoms with Crippen LogP contribution in [0.5, 0.6) is 0 Å². The van der Waals surface area contributed by atoms with Gasteiger partial charge < -0.3 is 14.8 Å². The number of carboxylic acids is 1. The predicted octanol–water partition coefficient (Wildman–Crippen LogP) is 1.21. The van der Waals surface area contributed by atoms with Crippen molar-refractivity contribution < 1.29 is 19.1 Å². The highest BCUT2D eigenvalue weighted by molar-refractivity contribution is 5.93. The predicted molar refractivity (Wildman–Crippen MR) is 59.6 cm³/mol. The van der Waals surface area contributed by atoms with Crippen molar-refractivity contribution in [3.05, 3.63) is 17.8 Å². The molecule has 0 aromatic carbocycles. The van der Waals surface area contributed by atoms with Crippen LogP contribution in [0.15, 0.2) is 10.8 Å². The van der Waals surface area contributed by atoms with Crippen molar-refractivity contribution in [2.45, 2.75) is 26.7 Å². The zero-order chi connectivity index (χ0) is 12.8. The third-order valence-electron chi connectivity index (χ3n) is 2.46. The normalized spacial score (nSPS) is 12.1. The molecule has 94 valence electrons. The Morgan fingerprint density at radius 1 is 1.59 bits per heavy atom. The van der Waals surface area contributed by atoms with Gasteiger partial charge in [-0.1, -0.05) is 13.3 Å². The minimum absolute atomic E-state index is 0.105. The SMILES string of the molecule is CCCC(CNC(=O)c1ncoc1C)C(=O)O. The Morgan fingerprint density at radius 3 is 2.76 bits per heavy atom. The van der Waals surface area contributed by atoms with Crippen LogP contribution in [0.25, 0.3) is 0 Å². The highest BCUT2D eigenvalue weighted by Gasteiger charge is 2.19. The van der Waals surface area contributed by atoms with Gasteiger partial charge in [0.1, 0.15) is 5.76 Å². The summed E-state index contributed by atoms with van der Waals surface area (Å²) in [6.07, 6.45) is 2.48. The second kappa shape index (κ2) is 6.03. The molecule has 0 saturated heterocycles. The standard InChI is InChI=1S/C11H16N2O4/c1-3-4-8(11(15)16)5-12-10(14)9-7(2)17-6-13-9/h6,8H,3-5H2,1-2H3,(H,12,14)(H,15,16). The molecule has 6 heteroatoms. The van der Waals surface area contributed by atoms with Crippen molar-refractivity contribution in [2.24, 2.45) is 5.92 Å². The molecule has 1 aromatic heterocycles. The third-order valence-corrected chi connectivity index (χ3v) is 2.46. The summed E-state index contributed by atoms with van der Waals surface area (Å²) in [5.41, 5.74) is 0.200. The van der Waals surface area contributed by atoms with Gasteiger partial charge in [0.05, 0.1) is 5.92 Å². The largest absolute Gasteiger partial charge is 0.481 e. The Balaban J connectivity index is 2.52. The summed E-state index contributed by atoms with van der Waals surface area (Å²) < 4.78 is 4.90. The van der Waals surface area contributed by atoms with E-state index in [0.29, 0.717) is 12.2 Å². The molecule has 0 bridgehead atoms. The molecule has 0 fully saturated rings. The second-order valence-electron chi connectivity index (χ2n) is 3.79. The van der Waals surface area contributed by atoms with E-state index in [2.05, 4.69) is 10.3 Å². The molecule has 0 aliphatic carbocycles. The molecule has 1 atom stereocenters. The van der Waals surface area contributed by atoms with E-state index in [0.717, 1.165) is 6.42 Å². The Hall–Kier alpha value is -1.85. The number of nitrogens with zero attached hydrogens (tertiary/aromatic N) is 1. The first kappa shape index (κ1) is 13.2. The first-order chi connectivity index (χ1) is 8.06. The topological polar surface area (TPSA) is 92.4 Å². The fourth-order valence-corrected chi connectivity index (χ4v) is 1.48. The summed E-state index contributed by atoms with van der Waals surface area (Å²) in [7, 11) is 0. The van der Waals surface area contributed by atoms with Crippen molar-refractivity contribution in [1.82, 2.24) is 10.3 Å². The summed E-state index contributed by atoms with van der Waals surface area (Å²) in [5, 5.41) is 11.5. The number of aryl methyl sites for hydroxylation is 1. The number of carboxylic acid groups (broad SMARTS) is 1. The number of nitrogens with one attached hydrogen (secondary N) is 1. The zero-order valence-corrected chi connectivity index (χ0v) is 9.90. The van der Waals surface area contributed by atoms with Gasteiger partial charge in [-0.05, 0) is 13.3 Å². The van der Waals surface area contributed by atoms with Crippen LogP contribution in [0.2, 0.25) is 0 Å². The van der Waals surface area contributed by atoms with Gasteiger partial charge in [-0.2, -0.15) is 0 Å². The van der Waals surface area contributed by atoms with Crippen LogP contribution in [0.1, 0.15) is 36.0 Å². The van der Waals surface area contributed by atoms with Crippen molar-refractivity contribution in [1.29, 1.82) is 0 Å². The van der Waals surface area contributed by atoms with E-state index in [9.17, 15) is 9.59 Å². The van der Waals surface area contributed by atoms with Crippen LogP contribution in [0, 0.1) is 12.8 Å². The molecular weight excluding hydrogens is 224 g/mol. The molecule has 1 rings (SSSR count). The number of hydrogen-bond donors (Lipinski definition) is 2. The molecule has 0 aliphatic rings. The number of carbonyl (C=O) groups excluding carboxylic acids is 1. The maximum absolute atomic E-state index is 11.6. The van der Waals surface area contributed by atoms with Crippen molar-refractivity contribution >= 4 is 11.9 Å². The molecule has 1 unspecified atom stereocenters. The average molecular weight is 240 g/mol. The molecule has 1 heterocycles. The van der Waals surface area contributed by atoms with Gasteiger partial charge in [0.15, 0.2) is 12.1 Å². The average Bonchev–Trinajstić information content (AvgIpc) is 2.69. The molecule has 2 N–H and O–H groups in total. The zero-order valence-electron chi connectivity index (χ0n) is 9.90. The van der Waals surface area contributed by atoms with Gasteiger partial charge in [0, 0.05) is 6.54 Å². The summed E-state index contributed by atoms with van der Waals surface area (Å²) >= 11 is 0. The summed E-state index contributed by atoms with van der Waals surface area (Å²) in [4.78, 5) is 26.3. The van der Waals surface area contributed by atoms with Crippen molar-refractivity contribution in [2.75, 3.05) is 6.54 Å². The van der Waals surface area contributed by atoms with Gasteiger partial charge in [0.25, 0.3) is 5.91 Å². The number of oxazole rings is 1. The number of rotatable bonds is 6. The smallest absolute Gasteiger partial charge is 0.308 e. The molecule has 0 spiro atoms. The number of aliphatic carboxylic acids is 1. The van der Waals surface area contributed by atoms with Gasteiger partial charge in [0.2, 0.25) is 0 Å². The van der Waals surface area contributed by atoms with Gasteiger partial charge in [-0.3, -0.25) is 9.59 Å². The lowest BCUT2D eigenvalue weighted by atomic mass is 10.0. The minimum atomic E-state index is -0.899. The lowest BCUT2D eigenvalue weighted by molar-refractivity contribution is -0.141. The first-order valence-electron chi connectivity index (χ1n) is 5.47. The van der Waals surface area contributed by atoms with E-state index >= 15 is 0 Å². The van der Waals surface area contributed by atoms with Gasteiger partial charge in [-0.15, -0.1) is 0 Å². The number of amides is 1. The molecule has 0 aliphatic heterocycles. The maximum Gasteiger partial charge on any atom is 0.308 e. The lowest BCUT2D eigenvalue weighted by Crippen LogP contribution is -2.33. The van der Waals surface area contributed by atoms with Crippen LogP contribution < -0.4 is 5.32 Å². The summed E-state index contributed by atoms with van der Waals surface area (Å²) in [5.74, 6) is -1.44. The van der Waals surface area contributed by atoms with Crippen molar-refractivity contribution in [3.63, 3.8) is 0 Å². The van der Waals surface area contributed by atoms with E-state index in [-0.39, 0.29) is 12.2 Å². The second-order valence-corrected chi connectivity index (χ2v) is 3.79. The van der Waals surface area contributed by atoms with Crippen LogP contribution in [-0.2, 0) is 4.79 Å². The monoisotopic (exact) mass is 240 g/mol. The fourth-order valence-electron chi connectivity index (χ4n) is 1.48. The molecule has 17 heavy (non-hydrogen) atoms. The van der Waals surface area contributed by atoms with Crippen LogP contribution in [0.4, 0.5) is 0 Å².